The number of aryl methyl sites for hydroxylation is 1. The molecule has 0 saturated heterocycles. The van der Waals surface area contributed by atoms with E-state index in [0.717, 1.165) is 17.4 Å². The van der Waals surface area contributed by atoms with Crippen LogP contribution in [0.15, 0.2) is 30.3 Å². The molecule has 1 aliphatic carbocycles. The fourth-order valence-electron chi connectivity index (χ4n) is 3.45. The highest BCUT2D eigenvalue weighted by Gasteiger charge is 2.23. The Balaban J connectivity index is 1.99. The van der Waals surface area contributed by atoms with Crippen LogP contribution in [-0.4, -0.2) is 22.9 Å². The van der Waals surface area contributed by atoms with Crippen LogP contribution in [0, 0.1) is 6.92 Å². The summed E-state index contributed by atoms with van der Waals surface area (Å²) in [4.78, 5) is 7.51. The van der Waals surface area contributed by atoms with Gasteiger partial charge in [0.2, 0.25) is 0 Å². The van der Waals surface area contributed by atoms with Crippen molar-refractivity contribution in [3.05, 3.63) is 35.9 Å². The molecule has 1 saturated carbocycles. The molecular weight excluding hydrogens is 324 g/mol. The van der Waals surface area contributed by atoms with Gasteiger partial charge in [-0.3, -0.25) is 0 Å². The van der Waals surface area contributed by atoms with Crippen LogP contribution >= 0.6 is 15.9 Å². The summed E-state index contributed by atoms with van der Waals surface area (Å²) < 4.78 is 0. The quantitative estimate of drug-likeness (QED) is 0.717. The number of aromatic nitrogens is 1. The monoisotopic (exact) mass is 346 g/mol. The van der Waals surface area contributed by atoms with Crippen molar-refractivity contribution in [3.63, 3.8) is 0 Å². The lowest BCUT2D eigenvalue weighted by Crippen LogP contribution is -2.39. The Labute approximate surface area is 135 Å². The number of hydrogen-bond donors (Lipinski definition) is 0. The third kappa shape index (κ3) is 3.23. The van der Waals surface area contributed by atoms with Gasteiger partial charge >= 0.3 is 0 Å². The van der Waals surface area contributed by atoms with Gasteiger partial charge in [-0.1, -0.05) is 53.4 Å². The van der Waals surface area contributed by atoms with Crippen LogP contribution < -0.4 is 4.90 Å². The van der Waals surface area contributed by atoms with E-state index in [1.54, 1.807) is 0 Å². The lowest BCUT2D eigenvalue weighted by atomic mass is 9.94. The van der Waals surface area contributed by atoms with Crippen LogP contribution in [-0.2, 0) is 0 Å². The zero-order valence-electron chi connectivity index (χ0n) is 12.7. The highest BCUT2D eigenvalue weighted by Crippen LogP contribution is 2.30. The highest BCUT2D eigenvalue weighted by molar-refractivity contribution is 9.09. The molecule has 0 radical (unpaired) electrons. The number of para-hydroxylation sites is 1. The highest BCUT2D eigenvalue weighted by atomic mass is 79.9. The van der Waals surface area contributed by atoms with Crippen LogP contribution in [0.5, 0.6) is 0 Å². The van der Waals surface area contributed by atoms with E-state index in [9.17, 15) is 0 Å². The van der Waals surface area contributed by atoms with E-state index in [-0.39, 0.29) is 0 Å². The summed E-state index contributed by atoms with van der Waals surface area (Å²) in [6.45, 7) is 3.23. The molecule has 112 valence electrons. The first-order valence-electron chi connectivity index (χ1n) is 7.98. The van der Waals surface area contributed by atoms with Gasteiger partial charge in [0.15, 0.2) is 0 Å². The molecular formula is C18H23BrN2. The van der Waals surface area contributed by atoms with E-state index < -0.39 is 0 Å². The Morgan fingerprint density at radius 2 is 1.95 bits per heavy atom. The van der Waals surface area contributed by atoms with Crippen molar-refractivity contribution < 1.29 is 0 Å². The van der Waals surface area contributed by atoms with Gasteiger partial charge in [0.05, 0.1) is 5.52 Å². The standard InChI is InChI=1S/C18H23BrN2/c1-14-13-15-7-5-6-10-17(15)20-18(14)21(12-11-19)16-8-3-2-4-9-16/h5-7,10,13,16H,2-4,8-9,11-12H2,1H3. The van der Waals surface area contributed by atoms with Crippen LogP contribution in [0.25, 0.3) is 10.9 Å². The van der Waals surface area contributed by atoms with Crippen molar-refractivity contribution in [1.82, 2.24) is 4.98 Å². The number of nitrogens with zero attached hydrogens (tertiary/aromatic N) is 2. The number of benzene rings is 1. The van der Waals surface area contributed by atoms with Gasteiger partial charge in [-0.2, -0.15) is 0 Å². The summed E-state index contributed by atoms with van der Waals surface area (Å²) in [5.74, 6) is 1.18. The molecule has 0 spiro atoms. The molecule has 1 aromatic carbocycles. The van der Waals surface area contributed by atoms with E-state index in [1.165, 1.54) is 48.9 Å². The maximum atomic E-state index is 4.97. The molecule has 1 fully saturated rings. The zero-order valence-corrected chi connectivity index (χ0v) is 14.3. The Morgan fingerprint density at radius 3 is 2.71 bits per heavy atom. The minimum absolute atomic E-state index is 0.656. The minimum Gasteiger partial charge on any atom is -0.353 e. The van der Waals surface area contributed by atoms with Gasteiger partial charge < -0.3 is 4.90 Å². The fraction of sp³-hybridized carbons (Fsp3) is 0.500. The normalized spacial score (nSPS) is 16.3. The minimum atomic E-state index is 0.656. The lowest BCUT2D eigenvalue weighted by Gasteiger charge is -2.36. The summed E-state index contributed by atoms with van der Waals surface area (Å²) in [6.07, 6.45) is 6.72. The fourth-order valence-corrected chi connectivity index (χ4v) is 3.83. The Kier molecular flexibility index (Phi) is 4.79. The van der Waals surface area contributed by atoms with Gasteiger partial charge in [-0.25, -0.2) is 4.98 Å². The number of fused-ring (bicyclic) bond motifs is 1. The number of anilines is 1. The molecule has 21 heavy (non-hydrogen) atoms. The van der Waals surface area contributed by atoms with Crippen LogP contribution in [0.4, 0.5) is 5.82 Å². The summed E-state index contributed by atoms with van der Waals surface area (Å²) in [5, 5.41) is 2.23. The van der Waals surface area contributed by atoms with E-state index in [1.807, 2.05) is 0 Å². The number of alkyl halides is 1. The van der Waals surface area contributed by atoms with E-state index in [0.29, 0.717) is 6.04 Å². The van der Waals surface area contributed by atoms with Crippen LogP contribution in [0.1, 0.15) is 37.7 Å². The molecule has 1 aliphatic rings. The first kappa shape index (κ1) is 14.8. The Morgan fingerprint density at radius 1 is 1.19 bits per heavy atom. The maximum Gasteiger partial charge on any atom is 0.132 e. The van der Waals surface area contributed by atoms with Gasteiger partial charge in [0.1, 0.15) is 5.82 Å². The topological polar surface area (TPSA) is 16.1 Å². The van der Waals surface area contributed by atoms with Gasteiger partial charge in [0.25, 0.3) is 0 Å². The number of pyridine rings is 1. The zero-order chi connectivity index (χ0) is 14.7. The van der Waals surface area contributed by atoms with Crippen LogP contribution in [0.3, 0.4) is 0 Å². The van der Waals surface area contributed by atoms with Gasteiger partial charge in [-0.15, -0.1) is 0 Å². The first-order chi connectivity index (χ1) is 10.3. The average molecular weight is 347 g/mol. The van der Waals surface area contributed by atoms with Gasteiger partial charge in [0, 0.05) is 23.3 Å². The van der Waals surface area contributed by atoms with E-state index in [2.05, 4.69) is 58.1 Å². The van der Waals surface area contributed by atoms with E-state index >= 15 is 0 Å². The molecule has 1 aromatic heterocycles. The summed E-state index contributed by atoms with van der Waals surface area (Å²) in [6, 6.07) is 11.4. The first-order valence-corrected chi connectivity index (χ1v) is 9.11. The molecule has 0 atom stereocenters. The molecule has 0 unspecified atom stereocenters. The smallest absolute Gasteiger partial charge is 0.132 e. The molecule has 3 heteroatoms. The van der Waals surface area contributed by atoms with Crippen LogP contribution in [0.2, 0.25) is 0 Å². The van der Waals surface area contributed by atoms with Gasteiger partial charge in [-0.05, 0) is 37.5 Å². The third-order valence-electron chi connectivity index (χ3n) is 4.50. The lowest BCUT2D eigenvalue weighted by molar-refractivity contribution is 0.417. The summed E-state index contributed by atoms with van der Waals surface area (Å²) in [7, 11) is 0. The predicted molar refractivity (Wildman–Crippen MR) is 94.5 cm³/mol. The SMILES string of the molecule is Cc1cc2ccccc2nc1N(CCBr)C1CCCCC1. The summed E-state index contributed by atoms with van der Waals surface area (Å²) in [5.41, 5.74) is 2.40. The molecule has 3 rings (SSSR count). The summed E-state index contributed by atoms with van der Waals surface area (Å²) >= 11 is 3.62. The molecule has 2 aromatic rings. The Bertz CT molecular complexity index is 605. The van der Waals surface area contributed by atoms with Crippen molar-refractivity contribution in [2.24, 2.45) is 0 Å². The van der Waals surface area contributed by atoms with Crippen molar-refractivity contribution in [2.75, 3.05) is 16.8 Å². The Hall–Kier alpha value is -1.09. The number of halogens is 1. The third-order valence-corrected chi connectivity index (χ3v) is 4.86. The predicted octanol–water partition coefficient (Wildman–Crippen LogP) is 5.08. The van der Waals surface area contributed by atoms with E-state index in [4.69, 9.17) is 4.98 Å². The molecule has 2 nitrogen and oxygen atoms in total. The second kappa shape index (κ2) is 6.78. The van der Waals surface area contributed by atoms with Crippen molar-refractivity contribution >= 4 is 32.7 Å². The largest absolute Gasteiger partial charge is 0.353 e. The van der Waals surface area contributed by atoms with Crippen molar-refractivity contribution in [2.45, 2.75) is 45.1 Å². The molecule has 0 aliphatic heterocycles. The van der Waals surface area contributed by atoms with Crippen molar-refractivity contribution in [3.8, 4) is 0 Å². The van der Waals surface area contributed by atoms with Crippen molar-refractivity contribution in [1.29, 1.82) is 0 Å². The molecule has 0 bridgehead atoms. The number of rotatable bonds is 4. The second-order valence-electron chi connectivity index (χ2n) is 6.00. The molecule has 1 heterocycles. The second-order valence-corrected chi connectivity index (χ2v) is 6.79. The average Bonchev–Trinajstić information content (AvgIpc) is 2.53. The maximum absolute atomic E-state index is 4.97. The molecule has 0 amide bonds. The number of hydrogen-bond acceptors (Lipinski definition) is 2. The molecule has 0 N–H and O–H groups in total.